The summed E-state index contributed by atoms with van der Waals surface area (Å²) in [4.78, 5) is 17.1. The highest BCUT2D eigenvalue weighted by Crippen LogP contribution is 2.26. The lowest BCUT2D eigenvalue weighted by Crippen LogP contribution is -2.40. The number of aliphatic hydroxyl groups excluding tert-OH is 1. The second-order valence-electron chi connectivity index (χ2n) is 5.86. The van der Waals surface area contributed by atoms with Crippen molar-refractivity contribution < 1.29 is 14.6 Å². The summed E-state index contributed by atoms with van der Waals surface area (Å²) in [5.74, 6) is 1.04. The number of aliphatic hydroxyl groups is 1. The zero-order valence-corrected chi connectivity index (χ0v) is 20.2. The van der Waals surface area contributed by atoms with Gasteiger partial charge in [-0.3, -0.25) is 4.79 Å². The summed E-state index contributed by atoms with van der Waals surface area (Å²) in [7, 11) is 1.61. The molecule has 1 aromatic heterocycles. The molecule has 0 aliphatic heterocycles. The van der Waals surface area contributed by atoms with E-state index in [2.05, 4.69) is 20.9 Å². The molecule has 1 heterocycles. The van der Waals surface area contributed by atoms with Gasteiger partial charge in [0.15, 0.2) is 5.96 Å². The standard InChI is InChI=1S/C19H25ClN4O3S.HI/c1-3-21-19(23-11-15(25)16-8-9-17(20)28-16)24-12-18(26)22-10-13-4-6-14(27-2)7-5-13;/h4-9,15,25H,3,10-12H2,1-2H3,(H,22,26)(H2,21,23,24);1H. The normalized spacial score (nSPS) is 11.9. The number of aliphatic imine (C=N–C) groups is 1. The van der Waals surface area contributed by atoms with Gasteiger partial charge in [0.25, 0.3) is 0 Å². The number of hydrogen-bond acceptors (Lipinski definition) is 5. The van der Waals surface area contributed by atoms with Crippen LogP contribution < -0.4 is 20.7 Å². The van der Waals surface area contributed by atoms with Crippen LogP contribution in [0.2, 0.25) is 4.34 Å². The summed E-state index contributed by atoms with van der Waals surface area (Å²) in [6.45, 7) is 3.22. The van der Waals surface area contributed by atoms with E-state index in [4.69, 9.17) is 16.3 Å². The maximum Gasteiger partial charge on any atom is 0.242 e. The smallest absolute Gasteiger partial charge is 0.242 e. The minimum absolute atomic E-state index is 0. The number of carbonyl (C=O) groups excluding carboxylic acids is 1. The lowest BCUT2D eigenvalue weighted by atomic mass is 10.2. The Morgan fingerprint density at radius 1 is 1.21 bits per heavy atom. The van der Waals surface area contributed by atoms with Crippen molar-refractivity contribution in [3.8, 4) is 5.75 Å². The van der Waals surface area contributed by atoms with Gasteiger partial charge < -0.3 is 25.8 Å². The van der Waals surface area contributed by atoms with Crippen molar-refractivity contribution >= 4 is 58.8 Å². The van der Waals surface area contributed by atoms with Crippen LogP contribution in [0.4, 0.5) is 0 Å². The Kier molecular flexibility index (Phi) is 12.0. The zero-order chi connectivity index (χ0) is 20.4. The van der Waals surface area contributed by atoms with Crippen LogP contribution in [0.1, 0.15) is 23.5 Å². The summed E-state index contributed by atoms with van der Waals surface area (Å²) < 4.78 is 5.74. The van der Waals surface area contributed by atoms with E-state index in [1.165, 1.54) is 11.3 Å². The molecule has 2 aromatic rings. The SMILES string of the molecule is CCNC(=NCC(=O)NCc1ccc(OC)cc1)NCC(O)c1ccc(Cl)s1.I. The van der Waals surface area contributed by atoms with Crippen molar-refractivity contribution in [3.63, 3.8) is 0 Å². The molecule has 160 valence electrons. The van der Waals surface area contributed by atoms with E-state index in [1.807, 2.05) is 31.2 Å². The van der Waals surface area contributed by atoms with Gasteiger partial charge in [0.05, 0.1) is 11.4 Å². The van der Waals surface area contributed by atoms with E-state index in [-0.39, 0.29) is 43.0 Å². The van der Waals surface area contributed by atoms with Crippen LogP contribution in [0, 0.1) is 0 Å². The fourth-order valence-corrected chi connectivity index (χ4v) is 3.34. The number of hydrogen-bond donors (Lipinski definition) is 4. The van der Waals surface area contributed by atoms with Gasteiger partial charge in [-0.05, 0) is 36.8 Å². The molecular formula is C19H26ClIN4O3S. The number of guanidine groups is 1. The molecule has 0 radical (unpaired) electrons. The Morgan fingerprint density at radius 3 is 2.52 bits per heavy atom. The van der Waals surface area contributed by atoms with Crippen LogP contribution in [0.5, 0.6) is 5.75 Å². The van der Waals surface area contributed by atoms with Crippen LogP contribution in [0.15, 0.2) is 41.4 Å². The van der Waals surface area contributed by atoms with Crippen molar-refractivity contribution in [2.24, 2.45) is 4.99 Å². The quantitative estimate of drug-likeness (QED) is 0.218. The van der Waals surface area contributed by atoms with Crippen molar-refractivity contribution in [3.05, 3.63) is 51.2 Å². The van der Waals surface area contributed by atoms with Gasteiger partial charge in [0, 0.05) is 24.5 Å². The van der Waals surface area contributed by atoms with Crippen LogP contribution in [-0.4, -0.2) is 43.7 Å². The van der Waals surface area contributed by atoms with Gasteiger partial charge in [0.2, 0.25) is 5.91 Å². The molecule has 1 aromatic carbocycles. The van der Waals surface area contributed by atoms with Crippen molar-refractivity contribution in [1.29, 1.82) is 0 Å². The zero-order valence-electron chi connectivity index (χ0n) is 16.3. The van der Waals surface area contributed by atoms with E-state index in [0.29, 0.717) is 23.4 Å². The third-order valence-corrected chi connectivity index (χ3v) is 5.09. The predicted octanol–water partition coefficient (Wildman–Crippen LogP) is 2.93. The molecule has 1 unspecified atom stereocenters. The summed E-state index contributed by atoms with van der Waals surface area (Å²) in [6.07, 6.45) is -0.703. The number of halogens is 2. The highest BCUT2D eigenvalue weighted by molar-refractivity contribution is 14.0. The molecule has 0 spiro atoms. The van der Waals surface area contributed by atoms with Gasteiger partial charge in [-0.2, -0.15) is 0 Å². The van der Waals surface area contributed by atoms with Crippen molar-refractivity contribution in [1.82, 2.24) is 16.0 Å². The molecule has 0 saturated heterocycles. The molecule has 1 amide bonds. The monoisotopic (exact) mass is 552 g/mol. The largest absolute Gasteiger partial charge is 0.497 e. The summed E-state index contributed by atoms with van der Waals surface area (Å²) in [5.41, 5.74) is 0.973. The Bertz CT molecular complexity index is 786. The van der Waals surface area contributed by atoms with Crippen molar-refractivity contribution in [2.75, 3.05) is 26.7 Å². The van der Waals surface area contributed by atoms with Crippen LogP contribution in [-0.2, 0) is 11.3 Å². The van der Waals surface area contributed by atoms with E-state index >= 15 is 0 Å². The Morgan fingerprint density at radius 2 is 1.93 bits per heavy atom. The van der Waals surface area contributed by atoms with E-state index < -0.39 is 6.10 Å². The van der Waals surface area contributed by atoms with Crippen LogP contribution in [0.3, 0.4) is 0 Å². The van der Waals surface area contributed by atoms with Crippen molar-refractivity contribution in [2.45, 2.75) is 19.6 Å². The number of ether oxygens (including phenoxy) is 1. The molecule has 1 atom stereocenters. The number of methoxy groups -OCH3 is 1. The number of carbonyl (C=O) groups is 1. The van der Waals surface area contributed by atoms with E-state index in [1.54, 1.807) is 19.2 Å². The second-order valence-corrected chi connectivity index (χ2v) is 7.61. The molecule has 29 heavy (non-hydrogen) atoms. The summed E-state index contributed by atoms with van der Waals surface area (Å²) in [6, 6.07) is 11.0. The topological polar surface area (TPSA) is 95.0 Å². The summed E-state index contributed by atoms with van der Waals surface area (Å²) in [5, 5.41) is 19.1. The molecule has 4 N–H and O–H groups in total. The molecule has 0 bridgehead atoms. The maximum absolute atomic E-state index is 12.0. The highest BCUT2D eigenvalue weighted by atomic mass is 127. The third kappa shape index (κ3) is 9.20. The van der Waals surface area contributed by atoms with Gasteiger partial charge in [0.1, 0.15) is 18.4 Å². The minimum atomic E-state index is -0.703. The fourth-order valence-electron chi connectivity index (χ4n) is 2.29. The second kappa shape index (κ2) is 13.6. The average Bonchev–Trinajstić information content (AvgIpc) is 3.15. The van der Waals surface area contributed by atoms with Gasteiger partial charge in [-0.25, -0.2) is 4.99 Å². The van der Waals surface area contributed by atoms with Gasteiger partial charge in [-0.15, -0.1) is 35.3 Å². The average molecular weight is 553 g/mol. The molecule has 10 heteroatoms. The first-order valence-corrected chi connectivity index (χ1v) is 10.1. The Hall–Kier alpha value is -1.56. The molecule has 0 aliphatic carbocycles. The number of amides is 1. The lowest BCUT2D eigenvalue weighted by Gasteiger charge is -2.14. The van der Waals surface area contributed by atoms with Crippen LogP contribution >= 0.6 is 46.9 Å². The molecular weight excluding hydrogens is 527 g/mol. The van der Waals surface area contributed by atoms with Gasteiger partial charge >= 0.3 is 0 Å². The number of rotatable bonds is 9. The maximum atomic E-state index is 12.0. The first-order valence-electron chi connectivity index (χ1n) is 8.87. The Balaban J connectivity index is 0.00000420. The molecule has 2 rings (SSSR count). The number of thiophene rings is 1. The number of nitrogens with one attached hydrogen (secondary N) is 3. The van der Waals surface area contributed by atoms with E-state index in [9.17, 15) is 9.90 Å². The molecule has 0 aliphatic rings. The van der Waals surface area contributed by atoms with Crippen LogP contribution in [0.25, 0.3) is 0 Å². The third-order valence-electron chi connectivity index (χ3n) is 3.76. The first-order chi connectivity index (χ1) is 13.5. The van der Waals surface area contributed by atoms with Gasteiger partial charge in [-0.1, -0.05) is 23.7 Å². The Labute approximate surface area is 196 Å². The molecule has 7 nitrogen and oxygen atoms in total. The first kappa shape index (κ1) is 25.5. The number of nitrogens with zero attached hydrogens (tertiary/aromatic N) is 1. The van der Waals surface area contributed by atoms with E-state index in [0.717, 1.165) is 16.2 Å². The summed E-state index contributed by atoms with van der Waals surface area (Å²) >= 11 is 7.22. The fraction of sp³-hybridized carbons (Fsp3) is 0.368. The molecule has 0 saturated carbocycles. The minimum Gasteiger partial charge on any atom is -0.497 e. The highest BCUT2D eigenvalue weighted by Gasteiger charge is 2.11. The lowest BCUT2D eigenvalue weighted by molar-refractivity contribution is -0.119. The number of benzene rings is 1. The molecule has 0 fully saturated rings. The predicted molar refractivity (Wildman–Crippen MR) is 129 cm³/mol.